The van der Waals surface area contributed by atoms with Gasteiger partial charge < -0.3 is 10.1 Å². The molecule has 2 nitrogen and oxygen atoms in total. The van der Waals surface area contributed by atoms with Gasteiger partial charge in [-0.2, -0.15) is 0 Å². The standard InChI is InChI=1S/C14H25NOS/c1-5-15-13(8-6-7-11(2)3)14-9-12(16-4)10-17-14/h9-11,13,15H,5-8H2,1-4H3. The average Bonchev–Trinajstić information content (AvgIpc) is 2.76. The number of ether oxygens (including phenoxy) is 1. The van der Waals surface area contributed by atoms with Crippen LogP contribution in [0.3, 0.4) is 0 Å². The van der Waals surface area contributed by atoms with E-state index in [0.717, 1.165) is 18.2 Å². The monoisotopic (exact) mass is 255 g/mol. The fourth-order valence-corrected chi connectivity index (χ4v) is 2.91. The van der Waals surface area contributed by atoms with Gasteiger partial charge in [-0.05, 0) is 24.9 Å². The molecule has 0 bridgehead atoms. The molecule has 1 unspecified atom stereocenters. The molecule has 0 aliphatic rings. The first kappa shape index (κ1) is 14.5. The van der Waals surface area contributed by atoms with Crippen LogP contribution in [0.15, 0.2) is 11.4 Å². The summed E-state index contributed by atoms with van der Waals surface area (Å²) in [6.45, 7) is 7.76. The first-order valence-electron chi connectivity index (χ1n) is 6.53. The Hall–Kier alpha value is -0.540. The summed E-state index contributed by atoms with van der Waals surface area (Å²) in [7, 11) is 1.73. The van der Waals surface area contributed by atoms with Crippen LogP contribution in [0.2, 0.25) is 0 Å². The Morgan fingerprint density at radius 1 is 1.35 bits per heavy atom. The van der Waals surface area contributed by atoms with Gasteiger partial charge in [0.2, 0.25) is 0 Å². The van der Waals surface area contributed by atoms with E-state index in [2.05, 4.69) is 37.5 Å². The van der Waals surface area contributed by atoms with Crippen LogP contribution in [0.5, 0.6) is 5.75 Å². The molecular weight excluding hydrogens is 230 g/mol. The van der Waals surface area contributed by atoms with E-state index >= 15 is 0 Å². The molecule has 0 aromatic carbocycles. The van der Waals surface area contributed by atoms with Crippen LogP contribution < -0.4 is 10.1 Å². The molecular formula is C14H25NOS. The average molecular weight is 255 g/mol. The minimum atomic E-state index is 0.493. The lowest BCUT2D eigenvalue weighted by molar-refractivity contribution is 0.414. The van der Waals surface area contributed by atoms with E-state index in [0.29, 0.717) is 6.04 Å². The Morgan fingerprint density at radius 3 is 2.65 bits per heavy atom. The summed E-state index contributed by atoms with van der Waals surface area (Å²) in [4.78, 5) is 1.40. The predicted molar refractivity (Wildman–Crippen MR) is 76.0 cm³/mol. The molecule has 1 aromatic rings. The van der Waals surface area contributed by atoms with Gasteiger partial charge in [0.25, 0.3) is 0 Å². The zero-order valence-corrected chi connectivity index (χ0v) is 12.3. The van der Waals surface area contributed by atoms with Crippen molar-refractivity contribution < 1.29 is 4.74 Å². The SMILES string of the molecule is CCNC(CCCC(C)C)c1cc(OC)cs1. The van der Waals surface area contributed by atoms with Crippen molar-refractivity contribution in [3.8, 4) is 5.75 Å². The zero-order valence-electron chi connectivity index (χ0n) is 11.5. The molecule has 0 aliphatic heterocycles. The van der Waals surface area contributed by atoms with Crippen molar-refractivity contribution in [3.63, 3.8) is 0 Å². The van der Waals surface area contributed by atoms with Crippen LogP contribution in [0.25, 0.3) is 0 Å². The molecule has 0 amide bonds. The predicted octanol–water partition coefficient (Wildman–Crippen LogP) is 4.23. The van der Waals surface area contributed by atoms with Crippen molar-refractivity contribution in [2.24, 2.45) is 5.92 Å². The molecule has 0 saturated carbocycles. The molecule has 1 rings (SSSR count). The second-order valence-electron chi connectivity index (χ2n) is 4.82. The third-order valence-electron chi connectivity index (χ3n) is 2.90. The zero-order chi connectivity index (χ0) is 12.7. The molecule has 1 aromatic heterocycles. The lowest BCUT2D eigenvalue weighted by Crippen LogP contribution is -2.20. The molecule has 1 atom stereocenters. The highest BCUT2D eigenvalue weighted by Gasteiger charge is 2.13. The van der Waals surface area contributed by atoms with Crippen LogP contribution >= 0.6 is 11.3 Å². The molecule has 3 heteroatoms. The van der Waals surface area contributed by atoms with Crippen LogP contribution in [-0.4, -0.2) is 13.7 Å². The Balaban J connectivity index is 2.52. The molecule has 17 heavy (non-hydrogen) atoms. The van der Waals surface area contributed by atoms with Crippen molar-refractivity contribution in [2.45, 2.75) is 46.1 Å². The summed E-state index contributed by atoms with van der Waals surface area (Å²) in [5.41, 5.74) is 0. The van der Waals surface area contributed by atoms with Crippen molar-refractivity contribution in [2.75, 3.05) is 13.7 Å². The van der Waals surface area contributed by atoms with Crippen molar-refractivity contribution in [1.29, 1.82) is 0 Å². The first-order valence-corrected chi connectivity index (χ1v) is 7.41. The second kappa shape index (κ2) is 7.72. The summed E-state index contributed by atoms with van der Waals surface area (Å²) >= 11 is 1.79. The number of rotatable bonds is 8. The van der Waals surface area contributed by atoms with Crippen LogP contribution in [0.4, 0.5) is 0 Å². The third-order valence-corrected chi connectivity index (χ3v) is 3.92. The van der Waals surface area contributed by atoms with Gasteiger partial charge in [0, 0.05) is 16.3 Å². The largest absolute Gasteiger partial charge is 0.496 e. The summed E-state index contributed by atoms with van der Waals surface area (Å²) in [5.74, 6) is 1.78. The van der Waals surface area contributed by atoms with Crippen molar-refractivity contribution >= 4 is 11.3 Å². The second-order valence-corrected chi connectivity index (χ2v) is 5.77. The molecule has 0 fully saturated rings. The van der Waals surface area contributed by atoms with Gasteiger partial charge in [-0.1, -0.05) is 33.6 Å². The summed E-state index contributed by atoms with van der Waals surface area (Å²) in [6.07, 6.45) is 3.82. The number of hydrogen-bond donors (Lipinski definition) is 1. The summed E-state index contributed by atoms with van der Waals surface area (Å²) < 4.78 is 5.25. The van der Waals surface area contributed by atoms with E-state index in [1.807, 2.05) is 0 Å². The molecule has 0 saturated heterocycles. The van der Waals surface area contributed by atoms with Gasteiger partial charge in [-0.15, -0.1) is 11.3 Å². The Bertz CT molecular complexity index is 309. The smallest absolute Gasteiger partial charge is 0.129 e. The molecule has 98 valence electrons. The van der Waals surface area contributed by atoms with Gasteiger partial charge >= 0.3 is 0 Å². The maximum Gasteiger partial charge on any atom is 0.129 e. The molecule has 1 heterocycles. The minimum Gasteiger partial charge on any atom is -0.496 e. The van der Waals surface area contributed by atoms with Crippen LogP contribution in [-0.2, 0) is 0 Å². The summed E-state index contributed by atoms with van der Waals surface area (Å²) in [5, 5.41) is 5.65. The Morgan fingerprint density at radius 2 is 2.12 bits per heavy atom. The molecule has 0 radical (unpaired) electrons. The number of methoxy groups -OCH3 is 1. The lowest BCUT2D eigenvalue weighted by atomic mass is 10.0. The van der Waals surface area contributed by atoms with E-state index in [4.69, 9.17) is 4.74 Å². The highest BCUT2D eigenvalue weighted by atomic mass is 32.1. The van der Waals surface area contributed by atoms with Gasteiger partial charge in [0.05, 0.1) is 7.11 Å². The lowest BCUT2D eigenvalue weighted by Gasteiger charge is -2.16. The normalized spacial score (nSPS) is 13.0. The summed E-state index contributed by atoms with van der Waals surface area (Å²) in [6, 6.07) is 2.65. The number of nitrogens with one attached hydrogen (secondary N) is 1. The number of thiophene rings is 1. The van der Waals surface area contributed by atoms with E-state index in [-0.39, 0.29) is 0 Å². The Labute approximate surface area is 109 Å². The fraction of sp³-hybridized carbons (Fsp3) is 0.714. The van der Waals surface area contributed by atoms with Crippen LogP contribution in [0, 0.1) is 5.92 Å². The van der Waals surface area contributed by atoms with E-state index in [9.17, 15) is 0 Å². The minimum absolute atomic E-state index is 0.493. The molecule has 1 N–H and O–H groups in total. The highest BCUT2D eigenvalue weighted by molar-refractivity contribution is 7.10. The van der Waals surface area contributed by atoms with Crippen molar-refractivity contribution in [3.05, 3.63) is 16.3 Å². The van der Waals surface area contributed by atoms with Gasteiger partial charge in [-0.3, -0.25) is 0 Å². The Kier molecular flexibility index (Phi) is 6.60. The molecule has 0 spiro atoms. The van der Waals surface area contributed by atoms with E-state index in [1.165, 1.54) is 24.1 Å². The van der Waals surface area contributed by atoms with Gasteiger partial charge in [0.1, 0.15) is 5.75 Å². The maximum atomic E-state index is 5.25. The van der Waals surface area contributed by atoms with E-state index < -0.39 is 0 Å². The maximum absolute atomic E-state index is 5.25. The van der Waals surface area contributed by atoms with E-state index in [1.54, 1.807) is 18.4 Å². The highest BCUT2D eigenvalue weighted by Crippen LogP contribution is 2.30. The van der Waals surface area contributed by atoms with Crippen LogP contribution in [0.1, 0.15) is 51.0 Å². The molecule has 0 aliphatic carbocycles. The van der Waals surface area contributed by atoms with Crippen molar-refractivity contribution in [1.82, 2.24) is 5.32 Å². The van der Waals surface area contributed by atoms with Gasteiger partial charge in [-0.25, -0.2) is 0 Å². The quantitative estimate of drug-likeness (QED) is 0.750. The topological polar surface area (TPSA) is 21.3 Å². The first-order chi connectivity index (χ1) is 8.17. The fourth-order valence-electron chi connectivity index (χ4n) is 1.95. The third kappa shape index (κ3) is 5.09. The van der Waals surface area contributed by atoms with Gasteiger partial charge in [0.15, 0.2) is 0 Å². The number of hydrogen-bond acceptors (Lipinski definition) is 3.